The van der Waals surface area contributed by atoms with Crippen LogP contribution < -0.4 is 0 Å². The van der Waals surface area contributed by atoms with E-state index in [0.29, 0.717) is 16.6 Å². The number of hydrogen-bond acceptors (Lipinski definition) is 2. The second-order valence-corrected chi connectivity index (χ2v) is 5.32. The zero-order valence-electron chi connectivity index (χ0n) is 10.6. The molecule has 1 aromatic carbocycles. The van der Waals surface area contributed by atoms with Crippen LogP contribution in [0.1, 0.15) is 35.9 Å². The molecule has 106 valence electrons. The predicted octanol–water partition coefficient (Wildman–Crippen LogP) is 3.87. The highest BCUT2D eigenvalue weighted by molar-refractivity contribution is 9.10. The van der Waals surface area contributed by atoms with Gasteiger partial charge in [0.25, 0.3) is 0 Å². The van der Waals surface area contributed by atoms with E-state index < -0.39 is 23.2 Å². The zero-order valence-corrected chi connectivity index (χ0v) is 12.2. The summed E-state index contributed by atoms with van der Waals surface area (Å²) >= 11 is 3.17. The Kier molecular flexibility index (Phi) is 3.99. The van der Waals surface area contributed by atoms with E-state index in [2.05, 4.69) is 21.0 Å². The summed E-state index contributed by atoms with van der Waals surface area (Å²) in [6, 6.07) is 1.23. The largest absolute Gasteiger partial charge is 0.287 e. The fourth-order valence-electron chi connectivity index (χ4n) is 1.77. The lowest BCUT2D eigenvalue weighted by atomic mass is 10.1. The Balaban J connectivity index is 2.55. The van der Waals surface area contributed by atoms with Gasteiger partial charge in [0.1, 0.15) is 5.69 Å². The van der Waals surface area contributed by atoms with Crippen molar-refractivity contribution in [3.63, 3.8) is 0 Å². The second kappa shape index (κ2) is 5.40. The topological polar surface area (TPSA) is 34.9 Å². The maximum atomic E-state index is 13.2. The highest BCUT2D eigenvalue weighted by Gasteiger charge is 2.23. The normalized spacial score (nSPS) is 11.2. The number of halogens is 4. The van der Waals surface area contributed by atoms with Crippen LogP contribution in [-0.2, 0) is 0 Å². The molecular weight excluding hydrogens is 337 g/mol. The first kappa shape index (κ1) is 14.8. The summed E-state index contributed by atoms with van der Waals surface area (Å²) < 4.78 is 41.1. The molecule has 0 amide bonds. The molecule has 0 aliphatic rings. The van der Waals surface area contributed by atoms with E-state index in [1.807, 2.05) is 13.8 Å². The first-order valence-corrected chi connectivity index (χ1v) is 6.54. The summed E-state index contributed by atoms with van der Waals surface area (Å²) in [7, 11) is 0. The number of rotatable bonds is 3. The maximum Gasteiger partial charge on any atom is 0.212 e. The number of ketones is 1. The lowest BCUT2D eigenvalue weighted by molar-refractivity contribution is 0.102. The van der Waals surface area contributed by atoms with E-state index in [1.165, 1.54) is 10.9 Å². The molecule has 20 heavy (non-hydrogen) atoms. The van der Waals surface area contributed by atoms with Crippen LogP contribution in [-0.4, -0.2) is 15.6 Å². The summed E-state index contributed by atoms with van der Waals surface area (Å²) in [6.45, 7) is 3.62. The van der Waals surface area contributed by atoms with Crippen LogP contribution in [0.2, 0.25) is 0 Å². The van der Waals surface area contributed by atoms with Crippen molar-refractivity contribution < 1.29 is 18.0 Å². The van der Waals surface area contributed by atoms with Crippen molar-refractivity contribution in [2.75, 3.05) is 0 Å². The average molecular weight is 347 g/mol. The molecule has 1 heterocycles. The standard InChI is InChI=1S/C13H10BrF3N2O/c1-6(2)19-12(8(14)5-18-19)13(20)7-3-9(15)11(17)10(16)4-7/h3-6H,1-2H3. The van der Waals surface area contributed by atoms with Crippen molar-refractivity contribution in [2.24, 2.45) is 0 Å². The minimum Gasteiger partial charge on any atom is -0.287 e. The molecule has 0 radical (unpaired) electrons. The number of aromatic nitrogens is 2. The highest BCUT2D eigenvalue weighted by Crippen LogP contribution is 2.24. The molecule has 0 spiro atoms. The smallest absolute Gasteiger partial charge is 0.212 e. The van der Waals surface area contributed by atoms with E-state index in [1.54, 1.807) is 0 Å². The molecule has 3 nitrogen and oxygen atoms in total. The van der Waals surface area contributed by atoms with Gasteiger partial charge in [-0.15, -0.1) is 0 Å². The van der Waals surface area contributed by atoms with Crippen molar-refractivity contribution in [1.29, 1.82) is 0 Å². The molecule has 0 saturated carbocycles. The van der Waals surface area contributed by atoms with Crippen molar-refractivity contribution >= 4 is 21.7 Å². The summed E-state index contributed by atoms with van der Waals surface area (Å²) in [5.74, 6) is -5.04. The number of benzene rings is 1. The fraction of sp³-hybridized carbons (Fsp3) is 0.231. The third-order valence-electron chi connectivity index (χ3n) is 2.70. The molecule has 0 saturated heterocycles. The number of hydrogen-bond donors (Lipinski definition) is 0. The fourth-order valence-corrected chi connectivity index (χ4v) is 2.22. The summed E-state index contributed by atoms with van der Waals surface area (Å²) in [5.41, 5.74) is -0.116. The molecule has 0 atom stereocenters. The predicted molar refractivity (Wildman–Crippen MR) is 70.1 cm³/mol. The van der Waals surface area contributed by atoms with Crippen molar-refractivity contribution in [3.05, 3.63) is 51.5 Å². The third-order valence-corrected chi connectivity index (χ3v) is 3.28. The van der Waals surface area contributed by atoms with Gasteiger partial charge in [0.15, 0.2) is 17.5 Å². The summed E-state index contributed by atoms with van der Waals surface area (Å²) in [4.78, 5) is 12.3. The average Bonchev–Trinajstić information content (AvgIpc) is 2.76. The SMILES string of the molecule is CC(C)n1ncc(Br)c1C(=O)c1cc(F)c(F)c(F)c1. The molecule has 0 bridgehead atoms. The van der Waals surface area contributed by atoms with Crippen LogP contribution >= 0.6 is 15.9 Å². The van der Waals surface area contributed by atoms with Crippen LogP contribution in [0.5, 0.6) is 0 Å². The third kappa shape index (κ3) is 2.49. The van der Waals surface area contributed by atoms with Crippen LogP contribution in [0, 0.1) is 17.5 Å². The summed E-state index contributed by atoms with van der Waals surface area (Å²) in [6.07, 6.45) is 1.42. The zero-order chi connectivity index (χ0) is 15.0. The lowest BCUT2D eigenvalue weighted by Gasteiger charge is -2.11. The first-order chi connectivity index (χ1) is 9.32. The van der Waals surface area contributed by atoms with E-state index >= 15 is 0 Å². The Morgan fingerprint density at radius 3 is 2.30 bits per heavy atom. The van der Waals surface area contributed by atoms with Gasteiger partial charge < -0.3 is 0 Å². The van der Waals surface area contributed by atoms with Gasteiger partial charge in [-0.1, -0.05) is 0 Å². The van der Waals surface area contributed by atoms with E-state index in [4.69, 9.17) is 0 Å². The highest BCUT2D eigenvalue weighted by atomic mass is 79.9. The molecule has 7 heteroatoms. The molecule has 0 fully saturated rings. The monoisotopic (exact) mass is 346 g/mol. The second-order valence-electron chi connectivity index (χ2n) is 4.46. The van der Waals surface area contributed by atoms with Crippen LogP contribution in [0.3, 0.4) is 0 Å². The summed E-state index contributed by atoms with van der Waals surface area (Å²) in [5, 5.41) is 4.01. The van der Waals surface area contributed by atoms with Gasteiger partial charge >= 0.3 is 0 Å². The minimum absolute atomic E-state index is 0.115. The molecule has 2 aromatic rings. The molecule has 0 aliphatic carbocycles. The van der Waals surface area contributed by atoms with Gasteiger partial charge in [-0.25, -0.2) is 13.2 Å². The van der Waals surface area contributed by atoms with Gasteiger partial charge in [0, 0.05) is 11.6 Å². The van der Waals surface area contributed by atoms with Gasteiger partial charge in [-0.3, -0.25) is 9.48 Å². The minimum atomic E-state index is -1.60. The van der Waals surface area contributed by atoms with Gasteiger partial charge in [0.05, 0.1) is 10.7 Å². The number of carbonyl (C=O) groups excluding carboxylic acids is 1. The maximum absolute atomic E-state index is 13.2. The van der Waals surface area contributed by atoms with Crippen LogP contribution in [0.4, 0.5) is 13.2 Å². The van der Waals surface area contributed by atoms with Gasteiger partial charge in [-0.2, -0.15) is 5.10 Å². The molecular formula is C13H10BrF3N2O. The quantitative estimate of drug-likeness (QED) is 0.624. The van der Waals surface area contributed by atoms with Crippen molar-refractivity contribution in [3.8, 4) is 0 Å². The number of nitrogens with zero attached hydrogens (tertiary/aromatic N) is 2. The number of carbonyl (C=O) groups is 1. The lowest BCUT2D eigenvalue weighted by Crippen LogP contribution is -2.14. The molecule has 0 aliphatic heterocycles. The molecule has 2 rings (SSSR count). The van der Waals surface area contributed by atoms with Crippen LogP contribution in [0.15, 0.2) is 22.8 Å². The Bertz CT molecular complexity index is 659. The molecule has 0 N–H and O–H groups in total. The van der Waals surface area contributed by atoms with Crippen molar-refractivity contribution in [2.45, 2.75) is 19.9 Å². The first-order valence-electron chi connectivity index (χ1n) is 5.75. The van der Waals surface area contributed by atoms with E-state index in [0.717, 1.165) is 0 Å². The van der Waals surface area contributed by atoms with E-state index in [-0.39, 0.29) is 17.3 Å². The Labute approximate surface area is 121 Å². The Morgan fingerprint density at radius 2 is 1.80 bits per heavy atom. The Morgan fingerprint density at radius 1 is 1.25 bits per heavy atom. The van der Waals surface area contributed by atoms with Gasteiger partial charge in [0.2, 0.25) is 5.78 Å². The van der Waals surface area contributed by atoms with Crippen molar-refractivity contribution in [1.82, 2.24) is 9.78 Å². The Hall–Kier alpha value is -1.63. The van der Waals surface area contributed by atoms with Gasteiger partial charge in [-0.05, 0) is 41.9 Å². The molecule has 0 unspecified atom stereocenters. The molecule has 1 aromatic heterocycles. The van der Waals surface area contributed by atoms with Crippen LogP contribution in [0.25, 0.3) is 0 Å². The van der Waals surface area contributed by atoms with E-state index in [9.17, 15) is 18.0 Å².